The molecule has 1 saturated heterocycles. The first-order valence-corrected chi connectivity index (χ1v) is 21.0. The number of nitrogens with one attached hydrogen (secondary N) is 2. The van der Waals surface area contributed by atoms with Gasteiger partial charge in [-0.3, -0.25) is 29.4 Å². The molecule has 1 aromatic carbocycles. The first kappa shape index (κ1) is 40.9. The molecule has 2 amide bonds. The van der Waals surface area contributed by atoms with Gasteiger partial charge in [-0.15, -0.1) is 11.8 Å². The van der Waals surface area contributed by atoms with Crippen molar-refractivity contribution in [3.63, 3.8) is 0 Å². The number of amides is 2. The summed E-state index contributed by atoms with van der Waals surface area (Å²) in [5.41, 5.74) is 8.74. The maximum Gasteiger partial charge on any atom is 0.324 e. The van der Waals surface area contributed by atoms with Crippen LogP contribution < -0.4 is 10.7 Å². The molecular formula is C43H60N6O5S. The summed E-state index contributed by atoms with van der Waals surface area (Å²) in [6, 6.07) is 5.00. The lowest BCUT2D eigenvalue weighted by Gasteiger charge is -2.35. The Bertz CT molecular complexity index is 1910. The van der Waals surface area contributed by atoms with Gasteiger partial charge in [-0.2, -0.15) is 0 Å². The molecule has 298 valence electrons. The molecule has 2 fully saturated rings. The third kappa shape index (κ3) is 8.37. The number of methoxy groups -OCH3 is 1. The molecule has 0 radical (unpaired) electrons. The number of ether oxygens (including phenoxy) is 2. The van der Waals surface area contributed by atoms with Crippen LogP contribution in [0.25, 0.3) is 16.5 Å². The number of fused-ring (bicyclic) bond motifs is 5. The lowest BCUT2D eigenvalue weighted by molar-refractivity contribution is -0.155. The number of hydrogen-bond acceptors (Lipinski definition) is 9. The Morgan fingerprint density at radius 2 is 2.04 bits per heavy atom. The minimum absolute atomic E-state index is 0.0862. The van der Waals surface area contributed by atoms with E-state index in [2.05, 4.69) is 81.6 Å². The van der Waals surface area contributed by atoms with Crippen molar-refractivity contribution in [2.75, 3.05) is 26.0 Å². The molecule has 6 bridgehead atoms. The lowest BCUT2D eigenvalue weighted by Crippen LogP contribution is -2.60. The summed E-state index contributed by atoms with van der Waals surface area (Å²) >= 11 is 1.64. The molecule has 4 heterocycles. The molecular weight excluding hydrogens is 713 g/mol. The number of carbonyl (C=O) groups excluding carboxylic acids is 3. The van der Waals surface area contributed by atoms with Crippen LogP contribution in [0.1, 0.15) is 97.5 Å². The summed E-state index contributed by atoms with van der Waals surface area (Å²) in [5.74, 6) is 0.824. The van der Waals surface area contributed by atoms with Crippen molar-refractivity contribution in [1.82, 2.24) is 20.3 Å². The van der Waals surface area contributed by atoms with Crippen LogP contribution in [0, 0.1) is 29.1 Å². The molecule has 2 aromatic rings. The normalized spacial score (nSPS) is 28.1. The van der Waals surface area contributed by atoms with Crippen molar-refractivity contribution in [3.8, 4) is 0 Å². The molecule has 2 N–H and O–H groups in total. The van der Waals surface area contributed by atoms with Crippen molar-refractivity contribution < 1.29 is 23.9 Å². The second-order valence-corrected chi connectivity index (χ2v) is 17.8. The van der Waals surface area contributed by atoms with E-state index >= 15 is 0 Å². The number of nitrogens with zero attached hydrogens (tertiary/aromatic N) is 4. The summed E-state index contributed by atoms with van der Waals surface area (Å²) in [5, 5.41) is 6.60. The van der Waals surface area contributed by atoms with Crippen LogP contribution in [0.5, 0.6) is 0 Å². The number of aliphatic imine (C=N–C) groups is 2. The van der Waals surface area contributed by atoms with Crippen molar-refractivity contribution in [3.05, 3.63) is 53.4 Å². The average Bonchev–Trinajstić information content (AvgIpc) is 3.48. The zero-order valence-corrected chi connectivity index (χ0v) is 34.9. The van der Waals surface area contributed by atoms with E-state index in [1.54, 1.807) is 25.1 Å². The fraction of sp³-hybridized carbons (Fsp3) is 0.605. The number of hydrogen-bond donors (Lipinski definition) is 2. The molecule has 1 aromatic heterocycles. The van der Waals surface area contributed by atoms with Gasteiger partial charge in [0.05, 0.1) is 35.2 Å². The molecule has 0 spiro atoms. The molecule has 1 aliphatic carbocycles. The molecule has 55 heavy (non-hydrogen) atoms. The van der Waals surface area contributed by atoms with Crippen molar-refractivity contribution in [2.45, 2.75) is 112 Å². The van der Waals surface area contributed by atoms with Gasteiger partial charge in [0, 0.05) is 66.4 Å². The maximum absolute atomic E-state index is 14.2. The van der Waals surface area contributed by atoms with E-state index in [4.69, 9.17) is 19.5 Å². The minimum Gasteiger partial charge on any atom is -0.464 e. The zero-order chi connectivity index (χ0) is 39.8. The molecule has 11 nitrogen and oxygen atoms in total. The Morgan fingerprint density at radius 1 is 1.27 bits per heavy atom. The molecule has 1 unspecified atom stereocenters. The predicted octanol–water partition coefficient (Wildman–Crippen LogP) is 6.90. The maximum atomic E-state index is 14.2. The van der Waals surface area contributed by atoms with Gasteiger partial charge in [0.15, 0.2) is 0 Å². The number of aryl methyl sites for hydroxylation is 1. The van der Waals surface area contributed by atoms with Gasteiger partial charge < -0.3 is 19.4 Å². The SMILES string of the molecule is C=C/C(=C(\N=CC)[C@H](C)OC)c1c2c3cc(ccc3n1CC)C1CSC(=N1)C[C@H](NC(=O)[C@H]1[C@@H](C)[C@H]1C(C)C)C(=O)N1CCC[C@H](N1)C(=O)OCC(C)(C)C2. The smallest absolute Gasteiger partial charge is 0.324 e. The standard InChI is InChI=1S/C43H60N6O5S/c1-11-28(38(44-12-2)26(7)53-10)39-30-21-43(8,9)23-54-42(52)31-15-14-18-49(47-31)41(51)32(46-40(50)37-25(6)36(37)24(4)5)20-35-45-33(22-55-35)27-16-17-34(29(30)19-27)48(39)13-3/h11-12,16-17,19,24-26,31-33,36-37,47H,1,13-15,18,20-23H2,2-10H3,(H,46,50)/b38-28+,44-12?/t25-,26-,31-,32-,33?,36+,37-/m0/s1. The molecule has 12 heteroatoms. The number of esters is 1. The van der Waals surface area contributed by atoms with Gasteiger partial charge in [0.25, 0.3) is 5.91 Å². The van der Waals surface area contributed by atoms with Crippen molar-refractivity contribution in [2.24, 2.45) is 39.1 Å². The number of rotatable bonds is 9. The number of benzene rings is 1. The molecule has 1 saturated carbocycles. The first-order valence-electron chi connectivity index (χ1n) is 20.0. The second kappa shape index (κ2) is 16.8. The van der Waals surface area contributed by atoms with Gasteiger partial charge in [-0.25, -0.2) is 5.43 Å². The van der Waals surface area contributed by atoms with Crippen LogP contribution in [0.3, 0.4) is 0 Å². The van der Waals surface area contributed by atoms with E-state index in [-0.39, 0.29) is 48.8 Å². The molecule has 4 aliphatic rings. The first-order chi connectivity index (χ1) is 26.2. The Balaban J connectivity index is 1.47. The zero-order valence-electron chi connectivity index (χ0n) is 34.1. The summed E-state index contributed by atoms with van der Waals surface area (Å²) < 4.78 is 14.2. The van der Waals surface area contributed by atoms with Crippen LogP contribution >= 0.6 is 11.8 Å². The number of cyclic esters (lactones) is 1. The van der Waals surface area contributed by atoms with E-state index in [1.807, 2.05) is 19.9 Å². The Hall–Kier alpha value is -3.74. The van der Waals surface area contributed by atoms with Crippen molar-refractivity contribution in [1.29, 1.82) is 0 Å². The third-order valence-electron chi connectivity index (χ3n) is 11.9. The highest BCUT2D eigenvalue weighted by Crippen LogP contribution is 2.51. The number of allylic oxidation sites excluding steroid dienone is 2. The predicted molar refractivity (Wildman–Crippen MR) is 222 cm³/mol. The van der Waals surface area contributed by atoms with Crippen LogP contribution in [0.4, 0.5) is 0 Å². The Morgan fingerprint density at radius 3 is 2.69 bits per heavy atom. The quantitative estimate of drug-likeness (QED) is 0.161. The topological polar surface area (TPSA) is 127 Å². The highest BCUT2D eigenvalue weighted by atomic mass is 32.2. The fourth-order valence-electron chi connectivity index (χ4n) is 8.91. The minimum atomic E-state index is -0.813. The van der Waals surface area contributed by atoms with Crippen LogP contribution in [0.15, 0.2) is 46.5 Å². The van der Waals surface area contributed by atoms with Crippen LogP contribution in [0.2, 0.25) is 0 Å². The number of aromatic nitrogens is 1. The lowest BCUT2D eigenvalue weighted by atomic mass is 9.84. The molecule has 6 rings (SSSR count). The number of hydrazine groups is 1. The monoisotopic (exact) mass is 772 g/mol. The van der Waals surface area contributed by atoms with Gasteiger partial charge in [-0.1, -0.05) is 53.3 Å². The number of carbonyl (C=O) groups is 3. The number of thioether (sulfide) groups is 1. The Labute approximate surface area is 330 Å². The van der Waals surface area contributed by atoms with Gasteiger partial charge >= 0.3 is 5.97 Å². The van der Waals surface area contributed by atoms with E-state index < -0.39 is 23.5 Å². The highest BCUT2D eigenvalue weighted by molar-refractivity contribution is 8.14. The highest BCUT2D eigenvalue weighted by Gasteiger charge is 2.53. The van der Waals surface area contributed by atoms with E-state index in [1.165, 1.54) is 5.01 Å². The summed E-state index contributed by atoms with van der Waals surface area (Å²) in [7, 11) is 1.69. The summed E-state index contributed by atoms with van der Waals surface area (Å²) in [4.78, 5) is 51.6. The van der Waals surface area contributed by atoms with Gasteiger partial charge in [0.2, 0.25) is 5.91 Å². The largest absolute Gasteiger partial charge is 0.464 e. The Kier molecular flexibility index (Phi) is 12.5. The second-order valence-electron chi connectivity index (χ2n) is 16.7. The molecule has 3 aliphatic heterocycles. The van der Waals surface area contributed by atoms with E-state index in [0.717, 1.165) is 49.8 Å². The van der Waals surface area contributed by atoms with Gasteiger partial charge in [0.1, 0.15) is 12.1 Å². The summed E-state index contributed by atoms with van der Waals surface area (Å²) in [6.45, 7) is 22.3. The van der Waals surface area contributed by atoms with Crippen LogP contribution in [-0.4, -0.2) is 82.8 Å². The average molecular weight is 773 g/mol. The van der Waals surface area contributed by atoms with E-state index in [9.17, 15) is 14.4 Å². The van der Waals surface area contributed by atoms with E-state index in [0.29, 0.717) is 44.2 Å². The van der Waals surface area contributed by atoms with Gasteiger partial charge in [-0.05, 0) is 81.0 Å². The fourth-order valence-corrected chi connectivity index (χ4v) is 10.0. The molecule has 7 atom stereocenters. The van der Waals surface area contributed by atoms with Crippen molar-refractivity contribution >= 4 is 57.3 Å². The summed E-state index contributed by atoms with van der Waals surface area (Å²) in [6.07, 6.45) is 5.46. The van der Waals surface area contributed by atoms with Crippen LogP contribution in [-0.2, 0) is 36.8 Å². The third-order valence-corrected chi connectivity index (χ3v) is 12.9.